The predicted octanol–water partition coefficient (Wildman–Crippen LogP) is 3.83. The molecule has 0 saturated carbocycles. The van der Waals surface area contributed by atoms with Crippen LogP contribution in [0.5, 0.6) is 5.75 Å². The maximum Gasteiger partial charge on any atom is 0.217 e. The van der Waals surface area contributed by atoms with Crippen LogP contribution in [-0.2, 0) is 11.3 Å². The second-order valence-electron chi connectivity index (χ2n) is 7.47. The van der Waals surface area contributed by atoms with Crippen LogP contribution in [0, 0.1) is 0 Å². The van der Waals surface area contributed by atoms with Gasteiger partial charge in [-0.05, 0) is 42.0 Å². The molecule has 2 atom stereocenters. The molecule has 0 radical (unpaired) electrons. The molecular weight excluding hydrogens is 378 g/mol. The van der Waals surface area contributed by atoms with Gasteiger partial charge in [0.2, 0.25) is 5.91 Å². The van der Waals surface area contributed by atoms with Crippen molar-refractivity contribution in [3.05, 3.63) is 72.6 Å². The molecule has 4 rings (SSSR count). The number of hydrogen-bond acceptors (Lipinski definition) is 4. The number of para-hydroxylation sites is 2. The highest BCUT2D eigenvalue weighted by atomic mass is 16.5. The summed E-state index contributed by atoms with van der Waals surface area (Å²) in [4.78, 5) is 16.2. The summed E-state index contributed by atoms with van der Waals surface area (Å²) in [6, 6.07) is 21.4. The van der Waals surface area contributed by atoms with Crippen LogP contribution < -0.4 is 10.1 Å². The van der Waals surface area contributed by atoms with Crippen LogP contribution in [0.4, 0.5) is 0 Å². The molecule has 6 heteroatoms. The Balaban J connectivity index is 1.51. The van der Waals surface area contributed by atoms with Crippen LogP contribution in [-0.4, -0.2) is 33.3 Å². The zero-order valence-electron chi connectivity index (χ0n) is 17.1. The van der Waals surface area contributed by atoms with E-state index in [0.29, 0.717) is 12.4 Å². The second-order valence-corrected chi connectivity index (χ2v) is 7.47. The van der Waals surface area contributed by atoms with Gasteiger partial charge >= 0.3 is 0 Å². The van der Waals surface area contributed by atoms with Gasteiger partial charge in [0.05, 0.1) is 23.6 Å². The molecule has 4 aromatic rings. The van der Waals surface area contributed by atoms with Crippen molar-refractivity contribution in [2.45, 2.75) is 32.5 Å². The van der Waals surface area contributed by atoms with Crippen LogP contribution >= 0.6 is 0 Å². The number of fused-ring (bicyclic) bond motifs is 2. The fourth-order valence-electron chi connectivity index (χ4n) is 3.70. The first-order valence-electron chi connectivity index (χ1n) is 10.0. The fraction of sp³-hybridized carbons (Fsp3) is 0.250. The molecule has 0 aliphatic carbocycles. The largest absolute Gasteiger partial charge is 0.491 e. The topological polar surface area (TPSA) is 76.4 Å². The predicted molar refractivity (Wildman–Crippen MR) is 117 cm³/mol. The number of rotatable bonds is 7. The molecule has 1 heterocycles. The lowest BCUT2D eigenvalue weighted by Gasteiger charge is -2.19. The van der Waals surface area contributed by atoms with E-state index in [4.69, 9.17) is 4.74 Å². The van der Waals surface area contributed by atoms with Gasteiger partial charge in [0.1, 0.15) is 24.3 Å². The summed E-state index contributed by atoms with van der Waals surface area (Å²) in [5, 5.41) is 15.8. The molecule has 0 bridgehead atoms. The average Bonchev–Trinajstić information content (AvgIpc) is 3.10. The molecular formula is C24H25N3O3. The molecule has 0 aliphatic heterocycles. The standard InChI is InChI=1S/C24H25N3O3/c1-16(25-17(2)28)24-26-22-9-5-6-10-23(22)27(24)14-20(29)15-30-21-12-11-18-7-3-4-8-19(18)13-21/h3-13,16,20,29H,14-15H2,1-2H3,(H,25,28)/t16-,20-/m0/s1. The van der Waals surface area contributed by atoms with Crippen LogP contribution in [0.1, 0.15) is 25.7 Å². The van der Waals surface area contributed by atoms with E-state index < -0.39 is 6.10 Å². The summed E-state index contributed by atoms with van der Waals surface area (Å²) < 4.78 is 7.80. The molecule has 3 aromatic carbocycles. The molecule has 154 valence electrons. The minimum absolute atomic E-state index is 0.124. The third-order valence-electron chi connectivity index (χ3n) is 5.05. The lowest BCUT2D eigenvalue weighted by molar-refractivity contribution is -0.119. The number of nitrogens with zero attached hydrogens (tertiary/aromatic N) is 2. The summed E-state index contributed by atoms with van der Waals surface area (Å²) in [6.45, 7) is 3.83. The number of nitrogens with one attached hydrogen (secondary N) is 1. The number of carbonyl (C=O) groups excluding carboxylic acids is 1. The van der Waals surface area contributed by atoms with E-state index in [2.05, 4.69) is 16.4 Å². The summed E-state index contributed by atoms with van der Waals surface area (Å²) in [7, 11) is 0. The lowest BCUT2D eigenvalue weighted by Crippen LogP contribution is -2.29. The summed E-state index contributed by atoms with van der Waals surface area (Å²) in [6.07, 6.45) is -0.739. The molecule has 0 spiro atoms. The Hall–Kier alpha value is -3.38. The Kier molecular flexibility index (Phi) is 5.68. The Bertz CT molecular complexity index is 1180. The van der Waals surface area contributed by atoms with Crippen molar-refractivity contribution < 1.29 is 14.6 Å². The summed E-state index contributed by atoms with van der Waals surface area (Å²) in [5.74, 6) is 1.30. The van der Waals surface area contributed by atoms with E-state index in [1.54, 1.807) is 0 Å². The van der Waals surface area contributed by atoms with Gasteiger partial charge in [0, 0.05) is 6.92 Å². The van der Waals surface area contributed by atoms with Crippen molar-refractivity contribution in [3.63, 3.8) is 0 Å². The molecule has 0 saturated heterocycles. The van der Waals surface area contributed by atoms with E-state index in [1.807, 2.05) is 72.2 Å². The molecule has 0 unspecified atom stereocenters. The van der Waals surface area contributed by atoms with Crippen molar-refractivity contribution in [1.82, 2.24) is 14.9 Å². The second kappa shape index (κ2) is 8.55. The normalized spacial score (nSPS) is 13.3. The van der Waals surface area contributed by atoms with Gasteiger partial charge in [-0.3, -0.25) is 4.79 Å². The maximum absolute atomic E-state index is 11.5. The quantitative estimate of drug-likeness (QED) is 0.492. The SMILES string of the molecule is CC(=O)N[C@@H](C)c1nc2ccccc2n1C[C@H](O)COc1ccc2ccccc2c1. The van der Waals surface area contributed by atoms with E-state index >= 15 is 0 Å². The summed E-state index contributed by atoms with van der Waals surface area (Å²) in [5.41, 5.74) is 1.74. The average molecular weight is 403 g/mol. The number of aromatic nitrogens is 2. The number of carbonyl (C=O) groups is 1. The number of amides is 1. The Labute approximate surface area is 175 Å². The van der Waals surface area contributed by atoms with E-state index in [1.165, 1.54) is 6.92 Å². The Morgan fingerprint density at radius 3 is 2.63 bits per heavy atom. The highest BCUT2D eigenvalue weighted by Gasteiger charge is 2.19. The number of imidazole rings is 1. The van der Waals surface area contributed by atoms with Gasteiger partial charge in [-0.25, -0.2) is 4.98 Å². The molecule has 1 aromatic heterocycles. The lowest BCUT2D eigenvalue weighted by atomic mass is 10.1. The molecule has 1 amide bonds. The van der Waals surface area contributed by atoms with Crippen LogP contribution in [0.2, 0.25) is 0 Å². The van der Waals surface area contributed by atoms with E-state index in [9.17, 15) is 9.90 Å². The van der Waals surface area contributed by atoms with E-state index in [0.717, 1.165) is 27.6 Å². The van der Waals surface area contributed by atoms with Gasteiger partial charge < -0.3 is 19.7 Å². The minimum atomic E-state index is -0.739. The number of benzene rings is 3. The monoisotopic (exact) mass is 403 g/mol. The third-order valence-corrected chi connectivity index (χ3v) is 5.05. The molecule has 6 nitrogen and oxygen atoms in total. The number of ether oxygens (including phenoxy) is 1. The fourth-order valence-corrected chi connectivity index (χ4v) is 3.70. The van der Waals surface area contributed by atoms with Gasteiger partial charge in [-0.15, -0.1) is 0 Å². The van der Waals surface area contributed by atoms with Crippen molar-refractivity contribution in [2.24, 2.45) is 0 Å². The van der Waals surface area contributed by atoms with Crippen molar-refractivity contribution in [2.75, 3.05) is 6.61 Å². The van der Waals surface area contributed by atoms with E-state index in [-0.39, 0.29) is 18.6 Å². The van der Waals surface area contributed by atoms with Gasteiger partial charge in [-0.1, -0.05) is 42.5 Å². The first kappa shape index (κ1) is 19.9. The number of aliphatic hydroxyl groups is 1. The molecule has 30 heavy (non-hydrogen) atoms. The van der Waals surface area contributed by atoms with Crippen molar-refractivity contribution in [3.8, 4) is 5.75 Å². The number of hydrogen-bond donors (Lipinski definition) is 2. The number of aliphatic hydroxyl groups excluding tert-OH is 1. The zero-order chi connectivity index (χ0) is 21.1. The minimum Gasteiger partial charge on any atom is -0.491 e. The van der Waals surface area contributed by atoms with Gasteiger partial charge in [0.15, 0.2) is 0 Å². The molecule has 0 aliphatic rings. The van der Waals surface area contributed by atoms with Gasteiger partial charge in [-0.2, -0.15) is 0 Å². The highest BCUT2D eigenvalue weighted by Crippen LogP contribution is 2.23. The molecule has 0 fully saturated rings. The third kappa shape index (κ3) is 4.28. The molecule has 2 N–H and O–H groups in total. The zero-order valence-corrected chi connectivity index (χ0v) is 17.1. The van der Waals surface area contributed by atoms with Crippen molar-refractivity contribution >= 4 is 27.7 Å². The van der Waals surface area contributed by atoms with Crippen molar-refractivity contribution in [1.29, 1.82) is 0 Å². The maximum atomic E-state index is 11.5. The first-order chi connectivity index (χ1) is 14.5. The Morgan fingerprint density at radius 2 is 1.83 bits per heavy atom. The smallest absolute Gasteiger partial charge is 0.217 e. The van der Waals surface area contributed by atoms with Crippen LogP contribution in [0.3, 0.4) is 0 Å². The van der Waals surface area contributed by atoms with Gasteiger partial charge in [0.25, 0.3) is 0 Å². The summed E-state index contributed by atoms with van der Waals surface area (Å²) >= 11 is 0. The highest BCUT2D eigenvalue weighted by molar-refractivity contribution is 5.83. The van der Waals surface area contributed by atoms with Crippen LogP contribution in [0.25, 0.3) is 21.8 Å². The first-order valence-corrected chi connectivity index (χ1v) is 10.0. The Morgan fingerprint density at radius 1 is 1.10 bits per heavy atom. The van der Waals surface area contributed by atoms with Crippen LogP contribution in [0.15, 0.2) is 66.7 Å².